The minimum Gasteiger partial charge on any atom is -0.493 e. The van der Waals surface area contributed by atoms with Crippen molar-refractivity contribution in [3.05, 3.63) is 111 Å². The standard InChI is InChI=1S/C31H28IN3O6/c1-38-26-15-20(16-27(39-2)28(26)40-3)30(36)34-35-29(33-24-14-13-21(32)17-23(24)31(35)37)22-11-7-8-12-25(22)41-18-19-9-5-4-6-10-19/h4-17,29,33H,18H2,1-3H3,(H,34,36). The Hall–Kier alpha value is -4.45. The molecule has 0 aliphatic carbocycles. The number of benzene rings is 4. The molecule has 2 N–H and O–H groups in total. The molecule has 0 bridgehead atoms. The first-order chi connectivity index (χ1) is 19.9. The van der Waals surface area contributed by atoms with Gasteiger partial charge in [0.05, 0.1) is 26.9 Å². The summed E-state index contributed by atoms with van der Waals surface area (Å²) in [6.07, 6.45) is -0.770. The average molecular weight is 665 g/mol. The van der Waals surface area contributed by atoms with E-state index in [1.54, 1.807) is 6.07 Å². The van der Waals surface area contributed by atoms with Gasteiger partial charge in [-0.1, -0.05) is 48.5 Å². The number of amides is 2. The van der Waals surface area contributed by atoms with Crippen LogP contribution in [0.1, 0.15) is 38.0 Å². The number of hydrazine groups is 1. The Kier molecular flexibility index (Phi) is 8.48. The van der Waals surface area contributed by atoms with Gasteiger partial charge in [-0.05, 0) is 64.6 Å². The molecule has 4 aromatic rings. The van der Waals surface area contributed by atoms with Gasteiger partial charge >= 0.3 is 0 Å². The van der Waals surface area contributed by atoms with E-state index < -0.39 is 12.1 Å². The number of nitrogens with one attached hydrogen (secondary N) is 2. The van der Waals surface area contributed by atoms with Crippen LogP contribution in [0.3, 0.4) is 0 Å². The highest BCUT2D eigenvalue weighted by atomic mass is 127. The van der Waals surface area contributed by atoms with Gasteiger partial charge < -0.3 is 24.3 Å². The van der Waals surface area contributed by atoms with Crippen molar-refractivity contribution >= 4 is 40.1 Å². The summed E-state index contributed by atoms with van der Waals surface area (Å²) in [7, 11) is 4.43. The second-order valence-corrected chi connectivity index (χ2v) is 10.3. The Morgan fingerprint density at radius 1 is 0.878 bits per heavy atom. The number of hydrogen-bond donors (Lipinski definition) is 2. The van der Waals surface area contributed by atoms with Crippen molar-refractivity contribution in [3.63, 3.8) is 0 Å². The highest BCUT2D eigenvalue weighted by molar-refractivity contribution is 14.1. The monoisotopic (exact) mass is 665 g/mol. The van der Waals surface area contributed by atoms with E-state index in [-0.39, 0.29) is 11.5 Å². The molecule has 5 rings (SSSR count). The SMILES string of the molecule is COc1cc(C(=O)NN2C(=O)c3cc(I)ccc3NC2c2ccccc2OCc2ccccc2)cc(OC)c1OC. The summed E-state index contributed by atoms with van der Waals surface area (Å²) in [6, 6.07) is 25.8. The third kappa shape index (κ3) is 5.87. The maximum atomic E-state index is 13.9. The molecule has 0 radical (unpaired) electrons. The largest absolute Gasteiger partial charge is 0.493 e. The summed E-state index contributed by atoms with van der Waals surface area (Å²) in [5.74, 6) is 0.644. The van der Waals surface area contributed by atoms with Crippen molar-refractivity contribution in [1.29, 1.82) is 0 Å². The number of carbonyl (C=O) groups is 2. The number of ether oxygens (including phenoxy) is 4. The zero-order valence-corrected chi connectivity index (χ0v) is 24.8. The summed E-state index contributed by atoms with van der Waals surface area (Å²) in [4.78, 5) is 27.5. The quantitative estimate of drug-likeness (QED) is 0.218. The van der Waals surface area contributed by atoms with Gasteiger partial charge in [0.1, 0.15) is 12.4 Å². The molecule has 10 heteroatoms. The first-order valence-electron chi connectivity index (χ1n) is 12.7. The van der Waals surface area contributed by atoms with Gasteiger partial charge in [0.2, 0.25) is 5.75 Å². The van der Waals surface area contributed by atoms with Gasteiger partial charge in [0, 0.05) is 20.4 Å². The molecule has 1 atom stereocenters. The summed E-state index contributed by atoms with van der Waals surface area (Å²) in [5, 5.41) is 4.70. The van der Waals surface area contributed by atoms with E-state index in [2.05, 4.69) is 33.3 Å². The highest BCUT2D eigenvalue weighted by Crippen LogP contribution is 2.39. The van der Waals surface area contributed by atoms with Crippen molar-refractivity contribution in [2.75, 3.05) is 26.6 Å². The molecule has 1 unspecified atom stereocenters. The zero-order chi connectivity index (χ0) is 28.9. The lowest BCUT2D eigenvalue weighted by Gasteiger charge is -2.38. The molecule has 0 saturated carbocycles. The number of rotatable bonds is 9. The van der Waals surface area contributed by atoms with Crippen molar-refractivity contribution in [1.82, 2.24) is 10.4 Å². The van der Waals surface area contributed by atoms with Crippen LogP contribution in [0.5, 0.6) is 23.0 Å². The maximum absolute atomic E-state index is 13.9. The maximum Gasteiger partial charge on any atom is 0.276 e. The molecule has 0 fully saturated rings. The zero-order valence-electron chi connectivity index (χ0n) is 22.6. The lowest BCUT2D eigenvalue weighted by molar-refractivity contribution is 0.0487. The average Bonchev–Trinajstić information content (AvgIpc) is 3.01. The first kappa shape index (κ1) is 28.1. The smallest absolute Gasteiger partial charge is 0.276 e. The van der Waals surface area contributed by atoms with Gasteiger partial charge in [0.15, 0.2) is 17.7 Å². The minimum atomic E-state index is -0.770. The number of fused-ring (bicyclic) bond motifs is 1. The molecule has 0 saturated heterocycles. The predicted octanol–water partition coefficient (Wildman–Crippen LogP) is 5.81. The Morgan fingerprint density at radius 2 is 1.56 bits per heavy atom. The van der Waals surface area contributed by atoms with Crippen LogP contribution < -0.4 is 29.7 Å². The van der Waals surface area contributed by atoms with E-state index in [1.807, 2.05) is 66.7 Å². The van der Waals surface area contributed by atoms with Crippen molar-refractivity contribution in [2.24, 2.45) is 0 Å². The van der Waals surface area contributed by atoms with E-state index in [4.69, 9.17) is 18.9 Å². The molecule has 0 aromatic heterocycles. The normalized spacial score (nSPS) is 14.0. The van der Waals surface area contributed by atoms with E-state index in [1.165, 1.54) is 38.5 Å². The molecule has 9 nitrogen and oxygen atoms in total. The van der Waals surface area contributed by atoms with Gasteiger partial charge in [-0.25, -0.2) is 5.01 Å². The van der Waals surface area contributed by atoms with Crippen molar-refractivity contribution < 1.29 is 28.5 Å². The van der Waals surface area contributed by atoms with E-state index >= 15 is 0 Å². The van der Waals surface area contributed by atoms with Crippen LogP contribution in [0.25, 0.3) is 0 Å². The summed E-state index contributed by atoms with van der Waals surface area (Å²) >= 11 is 2.15. The van der Waals surface area contributed by atoms with Gasteiger partial charge in [-0.3, -0.25) is 15.0 Å². The molecule has 1 aliphatic heterocycles. The molecule has 41 heavy (non-hydrogen) atoms. The Morgan fingerprint density at radius 3 is 2.24 bits per heavy atom. The van der Waals surface area contributed by atoms with Crippen LogP contribution in [0.2, 0.25) is 0 Å². The number of carbonyl (C=O) groups excluding carboxylic acids is 2. The molecule has 0 spiro atoms. The molecule has 210 valence electrons. The second-order valence-electron chi connectivity index (χ2n) is 9.08. The van der Waals surface area contributed by atoms with Gasteiger partial charge in [0.25, 0.3) is 11.8 Å². The Balaban J connectivity index is 1.52. The van der Waals surface area contributed by atoms with Crippen LogP contribution in [0, 0.1) is 3.57 Å². The van der Waals surface area contributed by atoms with E-state index in [0.29, 0.717) is 46.4 Å². The van der Waals surface area contributed by atoms with E-state index in [9.17, 15) is 9.59 Å². The predicted molar refractivity (Wildman–Crippen MR) is 162 cm³/mol. The molecular formula is C31H28IN3O6. The van der Waals surface area contributed by atoms with Crippen molar-refractivity contribution in [3.8, 4) is 23.0 Å². The third-order valence-corrected chi connectivity index (χ3v) is 7.25. The number of methoxy groups -OCH3 is 3. The van der Waals surface area contributed by atoms with E-state index in [0.717, 1.165) is 9.13 Å². The first-order valence-corrected chi connectivity index (χ1v) is 13.8. The van der Waals surface area contributed by atoms with Gasteiger partial charge in [-0.15, -0.1) is 0 Å². The fraction of sp³-hybridized carbons (Fsp3) is 0.161. The van der Waals surface area contributed by atoms with Crippen molar-refractivity contribution in [2.45, 2.75) is 12.8 Å². The number of hydrogen-bond acceptors (Lipinski definition) is 7. The second kappa shape index (κ2) is 12.4. The van der Waals surface area contributed by atoms with Gasteiger partial charge in [-0.2, -0.15) is 0 Å². The third-order valence-electron chi connectivity index (χ3n) is 6.58. The lowest BCUT2D eigenvalue weighted by Crippen LogP contribution is -2.53. The molecule has 2 amide bonds. The Bertz CT molecular complexity index is 1550. The van der Waals surface area contributed by atoms with Crippen LogP contribution in [-0.4, -0.2) is 38.2 Å². The summed E-state index contributed by atoms with van der Waals surface area (Å²) in [5.41, 5.74) is 5.78. The molecule has 4 aromatic carbocycles. The minimum absolute atomic E-state index is 0.216. The van der Waals surface area contributed by atoms with Crippen LogP contribution in [-0.2, 0) is 6.61 Å². The lowest BCUT2D eigenvalue weighted by atomic mass is 10.0. The molecule has 1 aliphatic rings. The summed E-state index contributed by atoms with van der Waals surface area (Å²) < 4.78 is 23.3. The number of nitrogens with zero attached hydrogens (tertiary/aromatic N) is 1. The fourth-order valence-electron chi connectivity index (χ4n) is 4.57. The topological polar surface area (TPSA) is 98.4 Å². The number of anilines is 1. The Labute approximate surface area is 251 Å². The highest BCUT2D eigenvalue weighted by Gasteiger charge is 2.36. The molecule has 1 heterocycles. The van der Waals surface area contributed by atoms with Crippen LogP contribution in [0.15, 0.2) is 84.9 Å². The number of halogens is 1. The fourth-order valence-corrected chi connectivity index (χ4v) is 5.06. The van der Waals surface area contributed by atoms with Crippen LogP contribution in [0.4, 0.5) is 5.69 Å². The summed E-state index contributed by atoms with van der Waals surface area (Å²) in [6.45, 7) is 0.338. The number of para-hydroxylation sites is 1. The molecular weight excluding hydrogens is 637 g/mol. The van der Waals surface area contributed by atoms with Crippen LogP contribution >= 0.6 is 22.6 Å².